The minimum Gasteiger partial charge on any atom is -0.388 e. The van der Waals surface area contributed by atoms with Crippen molar-refractivity contribution in [2.75, 3.05) is 6.54 Å². The number of hydrogen-bond donors (Lipinski definition) is 1. The Morgan fingerprint density at radius 1 is 0.789 bits per heavy atom. The monoisotopic (exact) mass is 267 g/mol. The Bertz CT molecular complexity index is 212. The zero-order valence-electron chi connectivity index (χ0n) is 14.0. The summed E-state index contributed by atoms with van der Waals surface area (Å²) in [6, 6.07) is 0. The molecule has 0 aliphatic carbocycles. The molecular formula is C18H37N. The summed E-state index contributed by atoms with van der Waals surface area (Å²) in [6.07, 6.45) is 14.0. The smallest absolute Gasteiger partial charge is 0.0143 e. The first-order valence-electron chi connectivity index (χ1n) is 8.41. The molecule has 0 aromatic heterocycles. The van der Waals surface area contributed by atoms with Gasteiger partial charge in [-0.25, -0.2) is 0 Å². The first-order valence-corrected chi connectivity index (χ1v) is 8.41. The lowest BCUT2D eigenvalue weighted by atomic mass is 9.93. The zero-order chi connectivity index (χ0) is 14.6. The largest absolute Gasteiger partial charge is 0.388 e. The molecule has 0 aromatic carbocycles. The van der Waals surface area contributed by atoms with Crippen molar-refractivity contribution in [2.45, 2.75) is 91.9 Å². The van der Waals surface area contributed by atoms with E-state index in [1.807, 2.05) is 0 Å². The van der Waals surface area contributed by atoms with E-state index in [2.05, 4.69) is 39.6 Å². The number of rotatable bonds is 12. The van der Waals surface area contributed by atoms with Crippen LogP contribution in [0.4, 0.5) is 0 Å². The molecule has 0 aliphatic heterocycles. The number of nitrogens with one attached hydrogen (secondary N) is 1. The predicted octanol–water partition coefficient (Wildman–Crippen LogP) is 6.06. The van der Waals surface area contributed by atoms with Gasteiger partial charge in [0, 0.05) is 17.7 Å². The fourth-order valence-electron chi connectivity index (χ4n) is 2.12. The highest BCUT2D eigenvalue weighted by atomic mass is 14.9. The average molecular weight is 268 g/mol. The van der Waals surface area contributed by atoms with Crippen molar-refractivity contribution < 1.29 is 0 Å². The van der Waals surface area contributed by atoms with Crippen LogP contribution in [0.1, 0.15) is 91.9 Å². The number of allylic oxidation sites excluding steroid dienone is 1. The summed E-state index contributed by atoms with van der Waals surface area (Å²) in [6.45, 7) is 14.1. The van der Waals surface area contributed by atoms with Crippen LogP contribution in [0.5, 0.6) is 0 Å². The minimum absolute atomic E-state index is 0.193. The Balaban J connectivity index is 3.17. The molecular weight excluding hydrogens is 230 g/mol. The summed E-state index contributed by atoms with van der Waals surface area (Å²) in [5.74, 6) is 0. The quantitative estimate of drug-likeness (QED) is 0.424. The zero-order valence-corrected chi connectivity index (χ0v) is 14.0. The second-order valence-electron chi connectivity index (χ2n) is 6.84. The molecule has 0 atom stereocenters. The van der Waals surface area contributed by atoms with Gasteiger partial charge in [0.15, 0.2) is 0 Å². The molecule has 0 heterocycles. The Kier molecular flexibility index (Phi) is 11.1. The van der Waals surface area contributed by atoms with Crippen LogP contribution in [0.25, 0.3) is 0 Å². The topological polar surface area (TPSA) is 12.0 Å². The summed E-state index contributed by atoms with van der Waals surface area (Å²) in [7, 11) is 0. The second kappa shape index (κ2) is 11.4. The van der Waals surface area contributed by atoms with E-state index in [1.165, 1.54) is 69.9 Å². The lowest BCUT2D eigenvalue weighted by Crippen LogP contribution is -2.24. The fraction of sp³-hybridized carbons (Fsp3) is 0.889. The maximum atomic E-state index is 4.10. The average Bonchev–Trinajstić information content (AvgIpc) is 2.34. The summed E-state index contributed by atoms with van der Waals surface area (Å²) >= 11 is 0. The van der Waals surface area contributed by atoms with E-state index >= 15 is 0 Å². The van der Waals surface area contributed by atoms with E-state index in [-0.39, 0.29) is 5.41 Å². The van der Waals surface area contributed by atoms with Crippen LogP contribution in [0.15, 0.2) is 12.3 Å². The Labute approximate surface area is 122 Å². The molecule has 1 heteroatoms. The number of hydrogen-bond acceptors (Lipinski definition) is 1. The minimum atomic E-state index is 0.193. The molecule has 0 bridgehead atoms. The van der Waals surface area contributed by atoms with Crippen LogP contribution in [0.2, 0.25) is 0 Å². The van der Waals surface area contributed by atoms with Gasteiger partial charge in [0.25, 0.3) is 0 Å². The van der Waals surface area contributed by atoms with Gasteiger partial charge in [-0.05, 0) is 6.42 Å². The van der Waals surface area contributed by atoms with Gasteiger partial charge >= 0.3 is 0 Å². The third kappa shape index (κ3) is 12.3. The molecule has 0 saturated carbocycles. The molecule has 114 valence electrons. The maximum Gasteiger partial charge on any atom is 0.0143 e. The van der Waals surface area contributed by atoms with E-state index < -0.39 is 0 Å². The van der Waals surface area contributed by atoms with Crippen molar-refractivity contribution in [1.29, 1.82) is 0 Å². The molecule has 19 heavy (non-hydrogen) atoms. The van der Waals surface area contributed by atoms with Crippen molar-refractivity contribution in [3.63, 3.8) is 0 Å². The molecule has 0 rings (SSSR count). The van der Waals surface area contributed by atoms with Gasteiger partial charge in [-0.2, -0.15) is 0 Å². The van der Waals surface area contributed by atoms with Gasteiger partial charge in [0.2, 0.25) is 0 Å². The van der Waals surface area contributed by atoms with Crippen molar-refractivity contribution in [3.05, 3.63) is 12.3 Å². The number of unbranched alkanes of at least 4 members (excludes halogenated alkanes) is 9. The van der Waals surface area contributed by atoms with Crippen LogP contribution in [0, 0.1) is 5.41 Å². The molecule has 0 aliphatic rings. The van der Waals surface area contributed by atoms with Crippen molar-refractivity contribution in [2.24, 2.45) is 5.41 Å². The Hall–Kier alpha value is -0.460. The SMILES string of the molecule is C=C(NCCCCCCCCCCCC)C(C)(C)C. The third-order valence-corrected chi connectivity index (χ3v) is 3.77. The molecule has 0 radical (unpaired) electrons. The predicted molar refractivity (Wildman–Crippen MR) is 88.4 cm³/mol. The van der Waals surface area contributed by atoms with Gasteiger partial charge in [-0.15, -0.1) is 0 Å². The van der Waals surface area contributed by atoms with Gasteiger partial charge < -0.3 is 5.32 Å². The Morgan fingerprint density at radius 2 is 1.21 bits per heavy atom. The molecule has 0 amide bonds. The summed E-state index contributed by atoms with van der Waals surface area (Å²) in [5, 5.41) is 3.45. The van der Waals surface area contributed by atoms with Gasteiger partial charge in [0.05, 0.1) is 0 Å². The molecule has 1 nitrogen and oxygen atoms in total. The van der Waals surface area contributed by atoms with Crippen LogP contribution in [0.3, 0.4) is 0 Å². The van der Waals surface area contributed by atoms with Gasteiger partial charge in [-0.3, -0.25) is 0 Å². The Morgan fingerprint density at radius 3 is 1.63 bits per heavy atom. The van der Waals surface area contributed by atoms with Gasteiger partial charge in [0.1, 0.15) is 0 Å². The molecule has 1 N–H and O–H groups in total. The molecule has 0 aromatic rings. The second-order valence-corrected chi connectivity index (χ2v) is 6.84. The first kappa shape index (κ1) is 18.5. The van der Waals surface area contributed by atoms with Crippen molar-refractivity contribution in [1.82, 2.24) is 5.32 Å². The summed E-state index contributed by atoms with van der Waals surface area (Å²) in [4.78, 5) is 0. The molecule has 0 saturated heterocycles. The van der Waals surface area contributed by atoms with Crippen LogP contribution in [-0.2, 0) is 0 Å². The molecule has 0 spiro atoms. The van der Waals surface area contributed by atoms with E-state index in [0.29, 0.717) is 0 Å². The highest BCUT2D eigenvalue weighted by Gasteiger charge is 2.13. The van der Waals surface area contributed by atoms with Crippen molar-refractivity contribution in [3.8, 4) is 0 Å². The van der Waals surface area contributed by atoms with Crippen LogP contribution < -0.4 is 5.32 Å². The maximum absolute atomic E-state index is 4.10. The van der Waals surface area contributed by atoms with E-state index in [9.17, 15) is 0 Å². The van der Waals surface area contributed by atoms with Crippen LogP contribution >= 0.6 is 0 Å². The highest BCUT2D eigenvalue weighted by molar-refractivity contribution is 5.02. The summed E-state index contributed by atoms with van der Waals surface area (Å²) in [5.41, 5.74) is 1.36. The molecule has 0 fully saturated rings. The lowest BCUT2D eigenvalue weighted by Gasteiger charge is -2.23. The summed E-state index contributed by atoms with van der Waals surface area (Å²) < 4.78 is 0. The standard InChI is InChI=1S/C18H37N/c1-6-7-8-9-10-11-12-13-14-15-16-19-17(2)18(3,4)5/h19H,2,6-16H2,1,3-5H3. The van der Waals surface area contributed by atoms with E-state index in [1.54, 1.807) is 0 Å². The molecule has 0 unspecified atom stereocenters. The third-order valence-electron chi connectivity index (χ3n) is 3.77. The lowest BCUT2D eigenvalue weighted by molar-refractivity contribution is 0.456. The first-order chi connectivity index (χ1) is 8.98. The van der Waals surface area contributed by atoms with E-state index in [0.717, 1.165) is 6.54 Å². The van der Waals surface area contributed by atoms with E-state index in [4.69, 9.17) is 0 Å². The fourth-order valence-corrected chi connectivity index (χ4v) is 2.12. The van der Waals surface area contributed by atoms with Gasteiger partial charge in [-0.1, -0.05) is 92.1 Å². The van der Waals surface area contributed by atoms with Crippen molar-refractivity contribution >= 4 is 0 Å². The highest BCUT2D eigenvalue weighted by Crippen LogP contribution is 2.20. The van der Waals surface area contributed by atoms with Crippen LogP contribution in [-0.4, -0.2) is 6.54 Å². The normalized spacial score (nSPS) is 11.6.